The van der Waals surface area contributed by atoms with Crippen LogP contribution in [0.5, 0.6) is 0 Å². The van der Waals surface area contributed by atoms with Crippen LogP contribution in [-0.2, 0) is 11.8 Å². The van der Waals surface area contributed by atoms with Crippen molar-refractivity contribution in [2.24, 2.45) is 7.05 Å². The van der Waals surface area contributed by atoms with Gasteiger partial charge in [-0.15, -0.1) is 0 Å². The molecule has 0 saturated carbocycles. The van der Waals surface area contributed by atoms with Crippen molar-refractivity contribution in [3.05, 3.63) is 74.5 Å². The molecule has 158 valence electrons. The van der Waals surface area contributed by atoms with E-state index in [1.165, 1.54) is 15.9 Å². The van der Waals surface area contributed by atoms with Crippen LogP contribution in [0.25, 0.3) is 16.0 Å². The number of hydrogen-bond donors (Lipinski definition) is 1. The molecule has 0 saturated heterocycles. The second-order valence-corrected chi connectivity index (χ2v) is 9.00. The lowest BCUT2D eigenvalue weighted by Crippen LogP contribution is -2.21. The number of carbonyl (C=O) groups is 1. The van der Waals surface area contributed by atoms with Gasteiger partial charge in [0.15, 0.2) is 14.8 Å². The maximum Gasteiger partial charge on any atom is 0.273 e. The SMILES string of the molecule is Cn1c(SCC(=O)Nc2ccc(F)cc2F)nc2c(sc(=S)n2-c2ccccc2)c1=O. The van der Waals surface area contributed by atoms with Crippen molar-refractivity contribution in [2.75, 3.05) is 11.1 Å². The van der Waals surface area contributed by atoms with Gasteiger partial charge in [-0.25, -0.2) is 13.8 Å². The molecule has 0 bridgehead atoms. The van der Waals surface area contributed by atoms with E-state index in [-0.39, 0.29) is 17.0 Å². The summed E-state index contributed by atoms with van der Waals surface area (Å²) in [4.78, 5) is 29.7. The van der Waals surface area contributed by atoms with Crippen LogP contribution in [0, 0.1) is 15.6 Å². The Balaban J connectivity index is 1.63. The summed E-state index contributed by atoms with van der Waals surface area (Å²) in [6, 6.07) is 12.2. The van der Waals surface area contributed by atoms with Gasteiger partial charge in [-0.2, -0.15) is 0 Å². The van der Waals surface area contributed by atoms with Crippen molar-refractivity contribution in [3.8, 4) is 5.69 Å². The number of para-hydroxylation sites is 1. The van der Waals surface area contributed by atoms with Crippen molar-refractivity contribution in [1.82, 2.24) is 14.1 Å². The molecular formula is C20H14F2N4O2S3. The number of hydrogen-bond acceptors (Lipinski definition) is 6. The summed E-state index contributed by atoms with van der Waals surface area (Å²) in [5, 5.41) is 2.69. The maximum absolute atomic E-state index is 13.7. The number of aromatic nitrogens is 3. The first kappa shape index (κ1) is 21.3. The van der Waals surface area contributed by atoms with Gasteiger partial charge in [-0.3, -0.25) is 18.7 Å². The third-order valence-corrected chi connectivity index (χ3v) is 6.71. The average molecular weight is 477 g/mol. The van der Waals surface area contributed by atoms with E-state index in [4.69, 9.17) is 12.2 Å². The van der Waals surface area contributed by atoms with Crippen LogP contribution in [0.4, 0.5) is 14.5 Å². The Kier molecular flexibility index (Phi) is 5.99. The number of carbonyl (C=O) groups excluding carboxylic acids is 1. The highest BCUT2D eigenvalue weighted by atomic mass is 32.2. The second-order valence-electron chi connectivity index (χ2n) is 6.41. The van der Waals surface area contributed by atoms with Crippen molar-refractivity contribution < 1.29 is 13.6 Å². The fourth-order valence-corrected chi connectivity index (χ4v) is 4.96. The molecule has 2 aromatic heterocycles. The normalized spacial score (nSPS) is 11.1. The third-order valence-electron chi connectivity index (χ3n) is 4.33. The van der Waals surface area contributed by atoms with Crippen LogP contribution in [0.15, 0.2) is 58.5 Å². The average Bonchev–Trinajstić information content (AvgIpc) is 3.08. The molecule has 2 heterocycles. The van der Waals surface area contributed by atoms with E-state index in [9.17, 15) is 18.4 Å². The summed E-state index contributed by atoms with van der Waals surface area (Å²) in [6.45, 7) is 0. The van der Waals surface area contributed by atoms with Crippen LogP contribution in [0.3, 0.4) is 0 Å². The van der Waals surface area contributed by atoms with Crippen LogP contribution in [0.1, 0.15) is 0 Å². The molecule has 0 atom stereocenters. The Bertz CT molecular complexity index is 1410. The van der Waals surface area contributed by atoms with Gasteiger partial charge >= 0.3 is 0 Å². The third kappa shape index (κ3) is 4.29. The van der Waals surface area contributed by atoms with E-state index in [1.807, 2.05) is 30.3 Å². The number of halogens is 2. The molecule has 4 aromatic rings. The minimum atomic E-state index is -0.870. The van der Waals surface area contributed by atoms with Crippen molar-refractivity contribution >= 4 is 57.3 Å². The lowest BCUT2D eigenvalue weighted by atomic mass is 10.3. The first-order valence-corrected chi connectivity index (χ1v) is 11.1. The van der Waals surface area contributed by atoms with Crippen LogP contribution >= 0.6 is 35.3 Å². The van der Waals surface area contributed by atoms with E-state index >= 15 is 0 Å². The van der Waals surface area contributed by atoms with Crippen LogP contribution in [0.2, 0.25) is 0 Å². The van der Waals surface area contributed by atoms with E-state index in [0.717, 1.165) is 29.6 Å². The number of thiazole rings is 1. The van der Waals surface area contributed by atoms with Gasteiger partial charge in [0.2, 0.25) is 5.91 Å². The Labute approximate surface area is 188 Å². The lowest BCUT2D eigenvalue weighted by molar-refractivity contribution is -0.113. The molecule has 0 aliphatic heterocycles. The van der Waals surface area contributed by atoms with Gasteiger partial charge in [0.05, 0.1) is 11.4 Å². The molecule has 1 amide bonds. The summed E-state index contributed by atoms with van der Waals surface area (Å²) in [6.07, 6.45) is 0. The van der Waals surface area contributed by atoms with Gasteiger partial charge in [-0.1, -0.05) is 41.3 Å². The summed E-state index contributed by atoms with van der Waals surface area (Å²) >= 11 is 7.64. The topological polar surface area (TPSA) is 68.9 Å². The van der Waals surface area contributed by atoms with Crippen LogP contribution in [-0.4, -0.2) is 25.8 Å². The molecule has 1 N–H and O–H groups in total. The Morgan fingerprint density at radius 3 is 2.68 bits per heavy atom. The van der Waals surface area contributed by atoms with E-state index in [0.29, 0.717) is 25.5 Å². The van der Waals surface area contributed by atoms with Gasteiger partial charge < -0.3 is 5.32 Å². The standard InChI is InChI=1S/C20H14F2N4O2S3/c1-25-18(28)16-17(26(20(29)31-16)12-5-3-2-4-6-12)24-19(25)30-10-15(27)23-14-8-7-11(21)9-13(14)22/h2-9H,10H2,1H3,(H,23,27). The summed E-state index contributed by atoms with van der Waals surface area (Å²) in [5.41, 5.74) is 0.792. The summed E-state index contributed by atoms with van der Waals surface area (Å²) in [5.74, 6) is -2.25. The number of nitrogens with zero attached hydrogens (tertiary/aromatic N) is 3. The van der Waals surface area contributed by atoms with Gasteiger partial charge in [0.1, 0.15) is 16.3 Å². The van der Waals surface area contributed by atoms with Crippen molar-refractivity contribution in [1.29, 1.82) is 0 Å². The first-order chi connectivity index (χ1) is 14.8. The Hall–Kier alpha value is -2.89. The number of fused-ring (bicyclic) bond motifs is 1. The lowest BCUT2D eigenvalue weighted by Gasteiger charge is -2.10. The fraction of sp³-hybridized carbons (Fsp3) is 0.100. The van der Waals surface area contributed by atoms with Gasteiger partial charge in [0, 0.05) is 18.8 Å². The molecule has 0 spiro atoms. The molecule has 0 aliphatic rings. The number of benzene rings is 2. The fourth-order valence-electron chi connectivity index (χ4n) is 2.85. The number of nitrogens with one attached hydrogen (secondary N) is 1. The minimum Gasteiger partial charge on any atom is -0.323 e. The highest BCUT2D eigenvalue weighted by molar-refractivity contribution is 7.99. The molecule has 0 fully saturated rings. The zero-order valence-electron chi connectivity index (χ0n) is 16.0. The van der Waals surface area contributed by atoms with Gasteiger partial charge in [-0.05, 0) is 36.5 Å². The van der Waals surface area contributed by atoms with Gasteiger partial charge in [0.25, 0.3) is 5.56 Å². The van der Waals surface area contributed by atoms with Crippen LogP contribution < -0.4 is 10.9 Å². The predicted molar refractivity (Wildman–Crippen MR) is 121 cm³/mol. The highest BCUT2D eigenvalue weighted by Gasteiger charge is 2.17. The van der Waals surface area contributed by atoms with Crippen molar-refractivity contribution in [3.63, 3.8) is 0 Å². The Morgan fingerprint density at radius 2 is 1.97 bits per heavy atom. The molecule has 31 heavy (non-hydrogen) atoms. The largest absolute Gasteiger partial charge is 0.323 e. The number of amides is 1. The smallest absolute Gasteiger partial charge is 0.273 e. The molecule has 11 heteroatoms. The van der Waals surface area contributed by atoms with E-state index in [2.05, 4.69) is 10.3 Å². The maximum atomic E-state index is 13.7. The molecule has 0 aliphatic carbocycles. The minimum absolute atomic E-state index is 0.125. The Morgan fingerprint density at radius 1 is 1.23 bits per heavy atom. The van der Waals surface area contributed by atoms with Crippen molar-refractivity contribution in [2.45, 2.75) is 5.16 Å². The number of rotatable bonds is 5. The molecule has 0 unspecified atom stereocenters. The zero-order chi connectivity index (χ0) is 22.1. The monoisotopic (exact) mass is 476 g/mol. The predicted octanol–water partition coefficient (Wildman–Crippen LogP) is 4.52. The number of thioether (sulfide) groups is 1. The summed E-state index contributed by atoms with van der Waals surface area (Å²) < 4.78 is 30.7. The molecule has 2 aromatic carbocycles. The second kappa shape index (κ2) is 8.69. The molecule has 4 rings (SSSR count). The van der Waals surface area contributed by atoms with E-state index in [1.54, 1.807) is 11.6 Å². The summed E-state index contributed by atoms with van der Waals surface area (Å²) in [7, 11) is 1.56. The quantitative estimate of drug-likeness (QED) is 0.261. The molecule has 0 radical (unpaired) electrons. The zero-order valence-corrected chi connectivity index (χ0v) is 18.4. The van der Waals surface area contributed by atoms with E-state index < -0.39 is 17.5 Å². The molecular weight excluding hydrogens is 462 g/mol. The molecule has 6 nitrogen and oxygen atoms in total. The number of anilines is 1. The first-order valence-electron chi connectivity index (χ1n) is 8.91. The highest BCUT2D eigenvalue weighted by Crippen LogP contribution is 2.25.